The Morgan fingerprint density at radius 2 is 1.89 bits per heavy atom. The topological polar surface area (TPSA) is 112 Å². The quantitative estimate of drug-likeness (QED) is 0.363. The van der Waals surface area contributed by atoms with Gasteiger partial charge < -0.3 is 24.8 Å². The highest BCUT2D eigenvalue weighted by molar-refractivity contribution is 6.30. The van der Waals surface area contributed by atoms with Crippen molar-refractivity contribution in [1.82, 2.24) is 29.4 Å². The minimum Gasteiger partial charge on any atom is -0.395 e. The monoisotopic (exact) mass is 542 g/mol. The summed E-state index contributed by atoms with van der Waals surface area (Å²) in [6.07, 6.45) is 7.25. The highest BCUT2D eigenvalue weighted by atomic mass is 35.5. The number of nitrogens with zero attached hydrogens (tertiary/aromatic N) is 7. The summed E-state index contributed by atoms with van der Waals surface area (Å²) in [7, 11) is 1.52. The predicted molar refractivity (Wildman–Crippen MR) is 139 cm³/mol. The Labute approximate surface area is 221 Å². The van der Waals surface area contributed by atoms with Crippen LogP contribution in [0, 0.1) is 11.6 Å². The largest absolute Gasteiger partial charge is 0.395 e. The third kappa shape index (κ3) is 5.09. The summed E-state index contributed by atoms with van der Waals surface area (Å²) in [6, 6.07) is 3.94. The van der Waals surface area contributed by atoms with Crippen molar-refractivity contribution in [3.63, 3.8) is 0 Å². The van der Waals surface area contributed by atoms with Gasteiger partial charge in [0.15, 0.2) is 5.82 Å². The smallest absolute Gasteiger partial charge is 0.253 e. The summed E-state index contributed by atoms with van der Waals surface area (Å²) in [4.78, 5) is 32.7. The Balaban J connectivity index is 1.35. The number of anilines is 3. The standard InChI is InChI=1S/C25H25ClF2N8O2/c1-34(8-9-37)24(38)15-2-3-20(18(27)10-15)33-22-21-19(28)13-36(23(21)32-14-31-22)17-4-6-35(7-5-17)25-29-11-16(26)12-30-25/h2-3,10-14,17,37H,4-9H2,1H3,(H,31,32,33). The number of piperidine rings is 1. The molecule has 1 saturated heterocycles. The molecule has 198 valence electrons. The molecule has 4 aromatic rings. The molecule has 5 rings (SSSR count). The van der Waals surface area contributed by atoms with Gasteiger partial charge in [0.2, 0.25) is 5.95 Å². The lowest BCUT2D eigenvalue weighted by Crippen LogP contribution is -2.35. The summed E-state index contributed by atoms with van der Waals surface area (Å²) >= 11 is 5.88. The van der Waals surface area contributed by atoms with Crippen LogP contribution in [0.2, 0.25) is 5.02 Å². The number of aromatic nitrogens is 5. The van der Waals surface area contributed by atoms with Gasteiger partial charge in [0.1, 0.15) is 23.6 Å². The Morgan fingerprint density at radius 1 is 1.16 bits per heavy atom. The van der Waals surface area contributed by atoms with Crippen LogP contribution < -0.4 is 10.2 Å². The van der Waals surface area contributed by atoms with Crippen molar-refractivity contribution in [2.75, 3.05) is 43.5 Å². The molecular formula is C25H25ClF2N8O2. The zero-order valence-electron chi connectivity index (χ0n) is 20.5. The van der Waals surface area contributed by atoms with Crippen molar-refractivity contribution >= 4 is 46.0 Å². The second-order valence-corrected chi connectivity index (χ2v) is 9.43. The molecular weight excluding hydrogens is 518 g/mol. The Morgan fingerprint density at radius 3 is 2.58 bits per heavy atom. The van der Waals surface area contributed by atoms with Gasteiger partial charge in [-0.25, -0.2) is 28.7 Å². The number of benzene rings is 1. The van der Waals surface area contributed by atoms with E-state index in [1.807, 2.05) is 0 Å². The number of hydrogen-bond acceptors (Lipinski definition) is 8. The first kappa shape index (κ1) is 25.7. The van der Waals surface area contributed by atoms with E-state index in [9.17, 15) is 9.18 Å². The maximum Gasteiger partial charge on any atom is 0.253 e. The van der Waals surface area contributed by atoms with Crippen LogP contribution >= 0.6 is 11.6 Å². The number of hydrogen-bond donors (Lipinski definition) is 2. The summed E-state index contributed by atoms with van der Waals surface area (Å²) in [5, 5.41) is 12.5. The molecule has 1 aliphatic heterocycles. The fraction of sp³-hybridized carbons (Fsp3) is 0.320. The number of nitrogens with one attached hydrogen (secondary N) is 1. The van der Waals surface area contributed by atoms with Gasteiger partial charge in [-0.1, -0.05) is 11.6 Å². The fourth-order valence-electron chi connectivity index (χ4n) is 4.57. The van der Waals surface area contributed by atoms with E-state index < -0.39 is 17.5 Å². The van der Waals surface area contributed by atoms with Crippen LogP contribution in [0.1, 0.15) is 29.2 Å². The molecule has 0 bridgehead atoms. The van der Waals surface area contributed by atoms with Crippen molar-refractivity contribution in [2.45, 2.75) is 18.9 Å². The maximum absolute atomic E-state index is 15.2. The number of fused-ring (bicyclic) bond motifs is 1. The molecule has 38 heavy (non-hydrogen) atoms. The number of halogens is 3. The van der Waals surface area contributed by atoms with Gasteiger partial charge in [0, 0.05) is 44.5 Å². The third-order valence-electron chi connectivity index (χ3n) is 6.56. The number of aliphatic hydroxyl groups excluding tert-OH is 1. The second kappa shape index (κ2) is 10.8. The molecule has 1 aliphatic rings. The second-order valence-electron chi connectivity index (χ2n) is 8.99. The normalized spacial score (nSPS) is 14.2. The Kier molecular flexibility index (Phi) is 7.34. The zero-order chi connectivity index (χ0) is 26.8. The van der Waals surface area contributed by atoms with Crippen LogP contribution in [-0.4, -0.2) is 73.7 Å². The minimum absolute atomic E-state index is 0.00811. The van der Waals surface area contributed by atoms with Gasteiger partial charge in [-0.3, -0.25) is 4.79 Å². The highest BCUT2D eigenvalue weighted by Gasteiger charge is 2.26. The van der Waals surface area contributed by atoms with Crippen LogP contribution in [0.25, 0.3) is 11.0 Å². The predicted octanol–water partition coefficient (Wildman–Crippen LogP) is 3.80. The first-order valence-corrected chi connectivity index (χ1v) is 12.4. The average Bonchev–Trinajstić information content (AvgIpc) is 3.27. The molecule has 0 saturated carbocycles. The van der Waals surface area contributed by atoms with Crippen LogP contribution in [0.5, 0.6) is 0 Å². The molecule has 0 radical (unpaired) electrons. The zero-order valence-corrected chi connectivity index (χ0v) is 21.2. The molecule has 0 atom stereocenters. The van der Waals surface area contributed by atoms with E-state index >= 15 is 4.39 Å². The summed E-state index contributed by atoms with van der Waals surface area (Å²) in [6.45, 7) is 1.28. The van der Waals surface area contributed by atoms with Gasteiger partial charge in [0.05, 0.1) is 35.1 Å². The van der Waals surface area contributed by atoms with Crippen molar-refractivity contribution in [2.24, 2.45) is 0 Å². The lowest BCUT2D eigenvalue weighted by molar-refractivity contribution is 0.0766. The molecule has 1 fully saturated rings. The van der Waals surface area contributed by atoms with E-state index in [0.717, 1.165) is 18.9 Å². The Bertz CT molecular complexity index is 1460. The van der Waals surface area contributed by atoms with Crippen LogP contribution in [0.3, 0.4) is 0 Å². The van der Waals surface area contributed by atoms with E-state index in [1.165, 1.54) is 36.6 Å². The van der Waals surface area contributed by atoms with E-state index in [0.29, 0.717) is 29.7 Å². The first-order chi connectivity index (χ1) is 18.4. The summed E-state index contributed by atoms with van der Waals surface area (Å²) in [5.41, 5.74) is 0.568. The SMILES string of the molecule is CN(CCO)C(=O)c1ccc(Nc2ncnc3c2c(F)cn3C2CCN(c3ncc(Cl)cn3)CC2)c(F)c1. The van der Waals surface area contributed by atoms with Gasteiger partial charge in [0.25, 0.3) is 5.91 Å². The highest BCUT2D eigenvalue weighted by Crippen LogP contribution is 2.33. The average molecular weight is 543 g/mol. The van der Waals surface area contributed by atoms with Crippen molar-refractivity contribution in [3.05, 3.63) is 65.3 Å². The molecule has 3 aromatic heterocycles. The van der Waals surface area contributed by atoms with Gasteiger partial charge in [-0.05, 0) is 31.0 Å². The molecule has 4 heterocycles. The molecule has 10 nitrogen and oxygen atoms in total. The van der Waals surface area contributed by atoms with Gasteiger partial charge >= 0.3 is 0 Å². The molecule has 0 aliphatic carbocycles. The number of amides is 1. The lowest BCUT2D eigenvalue weighted by atomic mass is 10.1. The minimum atomic E-state index is -0.698. The number of carbonyl (C=O) groups excluding carboxylic acids is 1. The maximum atomic E-state index is 15.2. The first-order valence-electron chi connectivity index (χ1n) is 12.0. The van der Waals surface area contributed by atoms with Gasteiger partial charge in [-0.15, -0.1) is 0 Å². The Hall–Kier alpha value is -3.90. The number of rotatable bonds is 7. The summed E-state index contributed by atoms with van der Waals surface area (Å²) < 4.78 is 31.9. The molecule has 0 unspecified atom stereocenters. The van der Waals surface area contributed by atoms with Crippen molar-refractivity contribution in [3.8, 4) is 0 Å². The van der Waals surface area contributed by atoms with E-state index in [4.69, 9.17) is 16.7 Å². The lowest BCUT2D eigenvalue weighted by Gasteiger charge is -2.32. The van der Waals surface area contributed by atoms with Gasteiger partial charge in [-0.2, -0.15) is 0 Å². The van der Waals surface area contributed by atoms with E-state index in [-0.39, 0.29) is 41.6 Å². The molecule has 1 aromatic carbocycles. The third-order valence-corrected chi connectivity index (χ3v) is 6.76. The van der Waals surface area contributed by atoms with E-state index in [2.05, 4.69) is 30.2 Å². The fourth-order valence-corrected chi connectivity index (χ4v) is 4.67. The molecule has 13 heteroatoms. The summed E-state index contributed by atoms with van der Waals surface area (Å²) in [5.74, 6) is -0.930. The molecule has 2 N–H and O–H groups in total. The number of carbonyl (C=O) groups is 1. The molecule has 0 spiro atoms. The van der Waals surface area contributed by atoms with Crippen LogP contribution in [0.4, 0.5) is 26.2 Å². The number of aliphatic hydroxyl groups is 1. The number of likely N-dealkylation sites (N-methyl/N-ethyl adjacent to an activating group) is 1. The van der Waals surface area contributed by atoms with Crippen LogP contribution in [-0.2, 0) is 0 Å². The van der Waals surface area contributed by atoms with Crippen LogP contribution in [0.15, 0.2) is 43.1 Å². The van der Waals surface area contributed by atoms with Crippen molar-refractivity contribution in [1.29, 1.82) is 0 Å². The molecule has 1 amide bonds. The van der Waals surface area contributed by atoms with Crippen molar-refractivity contribution < 1.29 is 18.7 Å². The van der Waals surface area contributed by atoms with E-state index in [1.54, 1.807) is 17.0 Å².